The first-order chi connectivity index (χ1) is 14.4. The van der Waals surface area contributed by atoms with E-state index in [1.54, 1.807) is 0 Å². The number of halogens is 6. The molecule has 1 aliphatic heterocycles. The van der Waals surface area contributed by atoms with Crippen molar-refractivity contribution in [1.29, 1.82) is 0 Å². The van der Waals surface area contributed by atoms with Crippen molar-refractivity contribution >= 4 is 5.91 Å². The molecule has 1 amide bonds. The van der Waals surface area contributed by atoms with Crippen LogP contribution in [0, 0.1) is 0 Å². The van der Waals surface area contributed by atoms with Crippen molar-refractivity contribution in [2.45, 2.75) is 45.0 Å². The zero-order valence-electron chi connectivity index (χ0n) is 15.9. The molecular weight excluding hydrogens is 438 g/mol. The highest BCUT2D eigenvalue weighted by atomic mass is 19.4. The number of carbonyl (C=O) groups is 1. The lowest BCUT2D eigenvalue weighted by molar-refractivity contribution is -0.148. The van der Waals surface area contributed by atoms with Crippen molar-refractivity contribution in [3.05, 3.63) is 39.8 Å². The van der Waals surface area contributed by atoms with Crippen LogP contribution in [0.4, 0.5) is 26.3 Å². The maximum atomic E-state index is 12.9. The first-order valence-corrected chi connectivity index (χ1v) is 8.93. The molecule has 1 aliphatic rings. The van der Waals surface area contributed by atoms with E-state index >= 15 is 0 Å². The predicted molar refractivity (Wildman–Crippen MR) is 89.2 cm³/mol. The Morgan fingerprint density at radius 3 is 2.52 bits per heavy atom. The SMILES string of the molecule is CC(OCCC(=O)N1CCn2c(nnc2C(F)(F)F)C1)n1nccc(C(F)(F)F)c1=O. The zero-order valence-corrected chi connectivity index (χ0v) is 15.9. The number of nitrogens with zero attached hydrogens (tertiary/aromatic N) is 6. The van der Waals surface area contributed by atoms with Gasteiger partial charge in [-0.2, -0.15) is 31.4 Å². The van der Waals surface area contributed by atoms with Crippen molar-refractivity contribution < 1.29 is 35.9 Å². The Bertz CT molecular complexity index is 1010. The Morgan fingerprint density at radius 1 is 1.16 bits per heavy atom. The lowest BCUT2D eigenvalue weighted by Gasteiger charge is -2.28. The Labute approximate surface area is 170 Å². The number of aromatic nitrogens is 5. The third-order valence-corrected chi connectivity index (χ3v) is 4.56. The van der Waals surface area contributed by atoms with Gasteiger partial charge in [0.15, 0.2) is 12.1 Å². The second-order valence-electron chi connectivity index (χ2n) is 6.62. The van der Waals surface area contributed by atoms with Crippen molar-refractivity contribution in [3.63, 3.8) is 0 Å². The highest BCUT2D eigenvalue weighted by Gasteiger charge is 2.40. The summed E-state index contributed by atoms with van der Waals surface area (Å²) in [6.45, 7) is 0.732. The molecule has 3 rings (SSSR count). The van der Waals surface area contributed by atoms with Gasteiger partial charge in [-0.15, -0.1) is 10.2 Å². The quantitative estimate of drug-likeness (QED) is 0.640. The number of amides is 1. The summed E-state index contributed by atoms with van der Waals surface area (Å²) in [4.78, 5) is 25.5. The summed E-state index contributed by atoms with van der Waals surface area (Å²) in [7, 11) is 0. The zero-order chi connectivity index (χ0) is 23.0. The molecular formula is C16H16F6N6O3. The maximum Gasteiger partial charge on any atom is 0.451 e. The fourth-order valence-electron chi connectivity index (χ4n) is 3.03. The van der Waals surface area contributed by atoms with Crippen molar-refractivity contribution in [3.8, 4) is 0 Å². The molecule has 0 aliphatic carbocycles. The molecule has 170 valence electrons. The molecule has 15 heteroatoms. The number of alkyl halides is 6. The minimum atomic E-state index is -4.85. The monoisotopic (exact) mass is 454 g/mol. The minimum absolute atomic E-state index is 0.00283. The summed E-state index contributed by atoms with van der Waals surface area (Å²) in [5.41, 5.74) is -2.78. The van der Waals surface area contributed by atoms with Crippen LogP contribution in [0.3, 0.4) is 0 Å². The van der Waals surface area contributed by atoms with Gasteiger partial charge in [-0.25, -0.2) is 4.68 Å². The summed E-state index contributed by atoms with van der Waals surface area (Å²) < 4.78 is 83.7. The van der Waals surface area contributed by atoms with E-state index in [9.17, 15) is 35.9 Å². The van der Waals surface area contributed by atoms with E-state index in [4.69, 9.17) is 4.74 Å². The Balaban J connectivity index is 1.57. The van der Waals surface area contributed by atoms with E-state index < -0.39 is 41.4 Å². The van der Waals surface area contributed by atoms with E-state index in [0.29, 0.717) is 10.7 Å². The van der Waals surface area contributed by atoms with Crippen molar-refractivity contribution in [2.75, 3.05) is 13.2 Å². The van der Waals surface area contributed by atoms with E-state index in [-0.39, 0.29) is 38.5 Å². The van der Waals surface area contributed by atoms with Gasteiger partial charge in [0.1, 0.15) is 5.56 Å². The van der Waals surface area contributed by atoms with E-state index in [0.717, 1.165) is 10.8 Å². The van der Waals surface area contributed by atoms with E-state index in [2.05, 4.69) is 15.3 Å². The molecule has 31 heavy (non-hydrogen) atoms. The topological polar surface area (TPSA) is 95.1 Å². The Hall–Kier alpha value is -2.97. The van der Waals surface area contributed by atoms with Gasteiger partial charge in [0.05, 0.1) is 19.6 Å². The van der Waals surface area contributed by atoms with Gasteiger partial charge >= 0.3 is 12.4 Å². The summed E-state index contributed by atoms with van der Waals surface area (Å²) in [5.74, 6) is -1.61. The molecule has 0 saturated carbocycles. The first-order valence-electron chi connectivity index (χ1n) is 8.93. The third kappa shape index (κ3) is 4.86. The predicted octanol–water partition coefficient (Wildman–Crippen LogP) is 1.84. The largest absolute Gasteiger partial charge is 0.451 e. The molecule has 1 atom stereocenters. The molecule has 0 fully saturated rings. The normalized spacial score (nSPS) is 15.6. The van der Waals surface area contributed by atoms with Crippen LogP contribution >= 0.6 is 0 Å². The van der Waals surface area contributed by atoms with Gasteiger partial charge in [0.25, 0.3) is 5.56 Å². The number of hydrogen-bond donors (Lipinski definition) is 0. The van der Waals surface area contributed by atoms with Crippen LogP contribution in [0.15, 0.2) is 17.1 Å². The molecule has 0 spiro atoms. The van der Waals surface area contributed by atoms with Gasteiger partial charge < -0.3 is 14.2 Å². The fraction of sp³-hybridized carbons (Fsp3) is 0.562. The molecule has 0 aromatic carbocycles. The van der Waals surface area contributed by atoms with Gasteiger partial charge in [-0.3, -0.25) is 9.59 Å². The second-order valence-corrected chi connectivity index (χ2v) is 6.62. The van der Waals surface area contributed by atoms with Crippen LogP contribution < -0.4 is 5.56 Å². The number of rotatable bonds is 5. The van der Waals surface area contributed by atoms with Crippen molar-refractivity contribution in [1.82, 2.24) is 29.4 Å². The average Bonchev–Trinajstić information content (AvgIpc) is 3.10. The van der Waals surface area contributed by atoms with Gasteiger partial charge in [-0.1, -0.05) is 0 Å². The molecule has 0 radical (unpaired) electrons. The fourth-order valence-corrected chi connectivity index (χ4v) is 3.03. The van der Waals surface area contributed by atoms with Crippen LogP contribution in [0.2, 0.25) is 0 Å². The molecule has 3 heterocycles. The maximum absolute atomic E-state index is 12.9. The standard InChI is InChI=1S/C16H16F6N6O3/c1-9(28-13(30)10(2-4-23-28)15(17,18)19)31-7-3-12(29)26-5-6-27-11(8-26)24-25-14(27)16(20,21)22/h2,4,9H,3,5-8H2,1H3. The molecule has 2 aromatic rings. The number of fused-ring (bicyclic) bond motifs is 1. The highest BCUT2D eigenvalue weighted by Crippen LogP contribution is 2.29. The number of carbonyl (C=O) groups excluding carboxylic acids is 1. The summed E-state index contributed by atoms with van der Waals surface area (Å²) >= 11 is 0. The van der Waals surface area contributed by atoms with Crippen LogP contribution in [0.1, 0.15) is 36.8 Å². The molecule has 0 bridgehead atoms. The van der Waals surface area contributed by atoms with E-state index in [1.807, 2.05) is 0 Å². The lowest BCUT2D eigenvalue weighted by Crippen LogP contribution is -2.40. The Morgan fingerprint density at radius 2 is 1.87 bits per heavy atom. The van der Waals surface area contributed by atoms with Crippen LogP contribution in [-0.2, 0) is 35.0 Å². The van der Waals surface area contributed by atoms with Crippen LogP contribution in [0.5, 0.6) is 0 Å². The molecule has 0 N–H and O–H groups in total. The summed E-state index contributed by atoms with van der Waals surface area (Å²) in [5, 5.41) is 10.2. The molecule has 9 nitrogen and oxygen atoms in total. The number of hydrogen-bond acceptors (Lipinski definition) is 6. The van der Waals surface area contributed by atoms with Crippen LogP contribution in [0.25, 0.3) is 0 Å². The third-order valence-electron chi connectivity index (χ3n) is 4.56. The Kier molecular flexibility index (Phi) is 6.07. The van der Waals surface area contributed by atoms with Gasteiger partial charge in [-0.05, 0) is 13.0 Å². The van der Waals surface area contributed by atoms with Crippen molar-refractivity contribution in [2.24, 2.45) is 0 Å². The summed E-state index contributed by atoms with van der Waals surface area (Å²) in [6.07, 6.45) is -10.1. The first kappa shape index (κ1) is 22.7. The molecule has 2 aromatic heterocycles. The van der Waals surface area contributed by atoms with E-state index in [1.165, 1.54) is 11.8 Å². The van der Waals surface area contributed by atoms with Crippen LogP contribution in [-0.4, -0.2) is 48.5 Å². The van der Waals surface area contributed by atoms with Gasteiger partial charge in [0, 0.05) is 19.3 Å². The minimum Gasteiger partial charge on any atom is -0.356 e. The number of ether oxygens (including phenoxy) is 1. The molecule has 0 saturated heterocycles. The second kappa shape index (κ2) is 8.28. The van der Waals surface area contributed by atoms with Gasteiger partial charge in [0.2, 0.25) is 11.7 Å². The summed E-state index contributed by atoms with van der Waals surface area (Å²) in [6, 6.07) is 0.550. The smallest absolute Gasteiger partial charge is 0.356 e. The lowest BCUT2D eigenvalue weighted by atomic mass is 10.3. The highest BCUT2D eigenvalue weighted by molar-refractivity contribution is 5.76. The molecule has 1 unspecified atom stereocenters. The average molecular weight is 454 g/mol.